The molecule has 20 heavy (non-hydrogen) atoms. The van der Waals surface area contributed by atoms with Crippen molar-refractivity contribution in [3.05, 3.63) is 22.2 Å². The van der Waals surface area contributed by atoms with Crippen LogP contribution in [0.5, 0.6) is 11.5 Å². The summed E-state index contributed by atoms with van der Waals surface area (Å²) in [5, 5.41) is 0. The van der Waals surface area contributed by atoms with Gasteiger partial charge in [0.1, 0.15) is 6.29 Å². The zero-order chi connectivity index (χ0) is 15.3. The number of halogens is 1. The molecule has 0 radical (unpaired) electrons. The molecule has 0 bridgehead atoms. The van der Waals surface area contributed by atoms with Crippen molar-refractivity contribution >= 4 is 28.1 Å². The van der Waals surface area contributed by atoms with Gasteiger partial charge in [0.15, 0.2) is 17.6 Å². The number of carbonyl (C=O) groups is 2. The first-order valence-electron chi connectivity index (χ1n) is 6.20. The molecule has 0 aliphatic carbocycles. The third kappa shape index (κ3) is 3.96. The van der Waals surface area contributed by atoms with E-state index in [0.717, 1.165) is 6.29 Å². The molecule has 1 atom stereocenters. The molecule has 0 saturated carbocycles. The fourth-order valence-electron chi connectivity index (χ4n) is 1.62. The molecule has 1 aromatic carbocycles. The summed E-state index contributed by atoms with van der Waals surface area (Å²) in [7, 11) is 3.33. The molecule has 0 N–H and O–H groups in total. The Balaban J connectivity index is 3.09. The van der Waals surface area contributed by atoms with Gasteiger partial charge in [-0.1, -0.05) is 0 Å². The highest BCUT2D eigenvalue weighted by Crippen LogP contribution is 2.37. The van der Waals surface area contributed by atoms with Crippen molar-refractivity contribution in [1.82, 2.24) is 4.90 Å². The van der Waals surface area contributed by atoms with Gasteiger partial charge >= 0.3 is 0 Å². The number of carbonyl (C=O) groups excluding carboxylic acids is 2. The highest BCUT2D eigenvalue weighted by molar-refractivity contribution is 9.10. The lowest BCUT2D eigenvalue weighted by Gasteiger charge is -2.21. The Kier molecular flexibility index (Phi) is 6.01. The lowest BCUT2D eigenvalue weighted by Crippen LogP contribution is -2.35. The first kappa shape index (κ1) is 16.5. The first-order chi connectivity index (χ1) is 9.40. The maximum atomic E-state index is 11.8. The van der Waals surface area contributed by atoms with Crippen molar-refractivity contribution in [2.75, 3.05) is 20.7 Å². The van der Waals surface area contributed by atoms with E-state index in [9.17, 15) is 9.59 Å². The van der Waals surface area contributed by atoms with Crippen LogP contribution in [-0.2, 0) is 4.79 Å². The summed E-state index contributed by atoms with van der Waals surface area (Å²) in [6.07, 6.45) is 0.0773. The minimum Gasteiger partial charge on any atom is -0.490 e. The van der Waals surface area contributed by atoms with Crippen LogP contribution in [0.15, 0.2) is 16.6 Å². The molecule has 0 fully saturated rings. The van der Waals surface area contributed by atoms with Crippen LogP contribution in [-0.4, -0.2) is 43.9 Å². The van der Waals surface area contributed by atoms with Gasteiger partial charge in [0.2, 0.25) is 0 Å². The van der Waals surface area contributed by atoms with E-state index in [1.807, 2.05) is 6.92 Å². The molecule has 1 rings (SSSR count). The lowest BCUT2D eigenvalue weighted by molar-refractivity contribution is -0.135. The van der Waals surface area contributed by atoms with Crippen molar-refractivity contribution < 1.29 is 19.1 Å². The summed E-state index contributed by atoms with van der Waals surface area (Å²) >= 11 is 3.33. The Morgan fingerprint density at radius 1 is 1.45 bits per heavy atom. The maximum Gasteiger partial charge on any atom is 0.262 e. The predicted molar refractivity (Wildman–Crippen MR) is 79.5 cm³/mol. The quantitative estimate of drug-likeness (QED) is 0.744. The SMILES string of the molecule is CCOc1cc(C=O)cc(Br)c1OC(C)C(=O)N(C)C. The van der Waals surface area contributed by atoms with E-state index < -0.39 is 6.10 Å². The van der Waals surface area contributed by atoms with Crippen molar-refractivity contribution in [2.24, 2.45) is 0 Å². The smallest absolute Gasteiger partial charge is 0.262 e. The second-order valence-electron chi connectivity index (χ2n) is 4.37. The average molecular weight is 344 g/mol. The molecule has 0 spiro atoms. The summed E-state index contributed by atoms with van der Waals surface area (Å²) in [5.74, 6) is 0.696. The Morgan fingerprint density at radius 2 is 2.10 bits per heavy atom. The molecule has 0 heterocycles. The number of hydrogen-bond donors (Lipinski definition) is 0. The summed E-state index contributed by atoms with van der Waals surface area (Å²) < 4.78 is 11.7. The number of aldehydes is 1. The maximum absolute atomic E-state index is 11.8. The molecule has 1 amide bonds. The van der Waals surface area contributed by atoms with Crippen LogP contribution >= 0.6 is 15.9 Å². The molecule has 1 unspecified atom stereocenters. The highest BCUT2D eigenvalue weighted by atomic mass is 79.9. The normalized spacial score (nSPS) is 11.7. The monoisotopic (exact) mass is 343 g/mol. The number of amides is 1. The summed E-state index contributed by atoms with van der Waals surface area (Å²) in [6, 6.07) is 3.21. The van der Waals surface area contributed by atoms with Crippen molar-refractivity contribution in [3.63, 3.8) is 0 Å². The number of hydrogen-bond acceptors (Lipinski definition) is 4. The van der Waals surface area contributed by atoms with Crippen LogP contribution in [0.4, 0.5) is 0 Å². The minimum atomic E-state index is -0.650. The Morgan fingerprint density at radius 3 is 2.60 bits per heavy atom. The Hall–Kier alpha value is -1.56. The molecule has 5 nitrogen and oxygen atoms in total. The molecule has 0 aromatic heterocycles. The summed E-state index contributed by atoms with van der Waals surface area (Å²) in [6.45, 7) is 3.93. The van der Waals surface area contributed by atoms with E-state index >= 15 is 0 Å². The average Bonchev–Trinajstić information content (AvgIpc) is 2.41. The molecule has 6 heteroatoms. The van der Waals surface area contributed by atoms with Gasteiger partial charge in [-0.2, -0.15) is 0 Å². The molecule has 1 aromatic rings. The zero-order valence-corrected chi connectivity index (χ0v) is 13.6. The lowest BCUT2D eigenvalue weighted by atomic mass is 10.2. The zero-order valence-electron chi connectivity index (χ0n) is 12.0. The van der Waals surface area contributed by atoms with Crippen LogP contribution in [0.1, 0.15) is 24.2 Å². The standard InChI is InChI=1S/C14H18BrNO4/c1-5-19-12-7-10(8-17)6-11(15)13(12)20-9(2)14(18)16(3)4/h6-9H,5H2,1-4H3. The van der Waals surface area contributed by atoms with Gasteiger partial charge in [0, 0.05) is 19.7 Å². The minimum absolute atomic E-state index is 0.154. The first-order valence-corrected chi connectivity index (χ1v) is 6.99. The van der Waals surface area contributed by atoms with E-state index in [1.165, 1.54) is 4.90 Å². The van der Waals surface area contributed by atoms with Crippen LogP contribution in [0.2, 0.25) is 0 Å². The molecule has 0 saturated heterocycles. The predicted octanol–water partition coefficient (Wildman–Crippen LogP) is 2.52. The van der Waals surface area contributed by atoms with Gasteiger partial charge < -0.3 is 14.4 Å². The molecule has 110 valence electrons. The van der Waals surface area contributed by atoms with Crippen molar-refractivity contribution in [2.45, 2.75) is 20.0 Å². The van der Waals surface area contributed by atoms with E-state index in [-0.39, 0.29) is 5.91 Å². The largest absolute Gasteiger partial charge is 0.490 e. The third-order valence-corrected chi connectivity index (χ3v) is 3.14. The van der Waals surface area contributed by atoms with Crippen molar-refractivity contribution in [3.8, 4) is 11.5 Å². The van der Waals surface area contributed by atoms with Crippen LogP contribution in [0, 0.1) is 0 Å². The highest BCUT2D eigenvalue weighted by Gasteiger charge is 2.21. The van der Waals surface area contributed by atoms with Gasteiger partial charge in [-0.15, -0.1) is 0 Å². The topological polar surface area (TPSA) is 55.8 Å². The van der Waals surface area contributed by atoms with Gasteiger partial charge in [0.25, 0.3) is 5.91 Å². The number of likely N-dealkylation sites (N-methyl/N-ethyl adjacent to an activating group) is 1. The molecular formula is C14H18BrNO4. The molecule has 0 aliphatic heterocycles. The number of nitrogens with zero attached hydrogens (tertiary/aromatic N) is 1. The number of rotatable bonds is 6. The Labute approximate surface area is 127 Å². The molecule has 0 aliphatic rings. The summed E-state index contributed by atoms with van der Waals surface area (Å²) in [5.41, 5.74) is 0.472. The third-order valence-electron chi connectivity index (χ3n) is 2.55. The van der Waals surface area contributed by atoms with Crippen LogP contribution in [0.25, 0.3) is 0 Å². The van der Waals surface area contributed by atoms with Gasteiger partial charge in [0.05, 0.1) is 11.1 Å². The number of benzene rings is 1. The van der Waals surface area contributed by atoms with E-state index in [0.29, 0.717) is 28.1 Å². The van der Waals surface area contributed by atoms with Crippen molar-refractivity contribution in [1.29, 1.82) is 0 Å². The Bertz CT molecular complexity index is 502. The van der Waals surface area contributed by atoms with E-state index in [4.69, 9.17) is 9.47 Å². The van der Waals surface area contributed by atoms with Gasteiger partial charge in [-0.05, 0) is 41.9 Å². The van der Waals surface area contributed by atoms with E-state index in [1.54, 1.807) is 33.2 Å². The second kappa shape index (κ2) is 7.28. The van der Waals surface area contributed by atoms with Gasteiger partial charge in [-0.25, -0.2) is 0 Å². The van der Waals surface area contributed by atoms with Crippen LogP contribution < -0.4 is 9.47 Å². The fourth-order valence-corrected chi connectivity index (χ4v) is 2.18. The second-order valence-corrected chi connectivity index (χ2v) is 5.23. The summed E-state index contributed by atoms with van der Waals surface area (Å²) in [4.78, 5) is 24.2. The van der Waals surface area contributed by atoms with Gasteiger partial charge in [-0.3, -0.25) is 9.59 Å². The number of ether oxygens (including phenoxy) is 2. The fraction of sp³-hybridized carbons (Fsp3) is 0.429. The van der Waals surface area contributed by atoms with Crippen LogP contribution in [0.3, 0.4) is 0 Å². The van der Waals surface area contributed by atoms with E-state index in [2.05, 4.69) is 15.9 Å². The molecular weight excluding hydrogens is 326 g/mol.